The molecular weight excluding hydrogens is 254 g/mol. The molecule has 2 nitrogen and oxygen atoms in total. The van der Waals surface area contributed by atoms with Crippen LogP contribution in [0.4, 0.5) is 0 Å². The molecule has 0 amide bonds. The van der Waals surface area contributed by atoms with Gasteiger partial charge in [-0.3, -0.25) is 0 Å². The van der Waals surface area contributed by atoms with Crippen molar-refractivity contribution in [1.82, 2.24) is 5.32 Å². The molecule has 1 aromatic heterocycles. The summed E-state index contributed by atoms with van der Waals surface area (Å²) >= 11 is 7.44. The van der Waals surface area contributed by atoms with Crippen LogP contribution in [0.1, 0.15) is 43.9 Å². The average molecular weight is 274 g/mol. The summed E-state index contributed by atoms with van der Waals surface area (Å²) in [5.41, 5.74) is -0.637. The maximum absolute atomic E-state index is 10.6. The summed E-state index contributed by atoms with van der Waals surface area (Å²) in [6.07, 6.45) is 4.94. The van der Waals surface area contributed by atoms with Crippen LogP contribution in [0.25, 0.3) is 0 Å². The largest absolute Gasteiger partial charge is 0.384 e. The minimum Gasteiger partial charge on any atom is -0.384 e. The van der Waals surface area contributed by atoms with E-state index in [0.717, 1.165) is 41.4 Å². The molecule has 0 atom stereocenters. The molecule has 96 valence electrons. The lowest BCUT2D eigenvalue weighted by Crippen LogP contribution is -2.39. The highest BCUT2D eigenvalue weighted by Gasteiger charge is 2.35. The molecule has 1 heterocycles. The van der Waals surface area contributed by atoms with Gasteiger partial charge in [-0.05, 0) is 50.8 Å². The second kappa shape index (κ2) is 5.70. The van der Waals surface area contributed by atoms with Gasteiger partial charge in [-0.15, -0.1) is 11.3 Å². The quantitative estimate of drug-likeness (QED) is 0.880. The van der Waals surface area contributed by atoms with Crippen LogP contribution in [0.2, 0.25) is 4.34 Å². The van der Waals surface area contributed by atoms with Gasteiger partial charge in [0, 0.05) is 10.9 Å². The molecule has 17 heavy (non-hydrogen) atoms. The Bertz CT molecular complexity index is 358. The van der Waals surface area contributed by atoms with Gasteiger partial charge in [0.1, 0.15) is 0 Å². The van der Waals surface area contributed by atoms with E-state index in [0.29, 0.717) is 6.04 Å². The first kappa shape index (κ1) is 13.3. The normalized spacial score (nSPS) is 29.5. The second-order valence-corrected chi connectivity index (χ2v) is 6.58. The standard InChI is InChI=1S/C13H20ClNOS/c1-2-9-15-10-5-7-13(16,8-6-10)11-3-4-12(14)17-11/h3-4,10,15-16H,2,5-9H2,1H3. The molecule has 2 N–H and O–H groups in total. The van der Waals surface area contributed by atoms with E-state index in [1.54, 1.807) is 0 Å². The van der Waals surface area contributed by atoms with Crippen LogP contribution in [-0.4, -0.2) is 17.7 Å². The van der Waals surface area contributed by atoms with Gasteiger partial charge in [-0.25, -0.2) is 0 Å². The number of halogens is 1. The lowest BCUT2D eigenvalue weighted by atomic mass is 9.81. The zero-order valence-electron chi connectivity index (χ0n) is 10.2. The number of thiophene rings is 1. The summed E-state index contributed by atoms with van der Waals surface area (Å²) in [5, 5.41) is 14.2. The maximum Gasteiger partial charge on any atom is 0.0989 e. The highest BCUT2D eigenvalue weighted by Crippen LogP contribution is 2.41. The van der Waals surface area contributed by atoms with Gasteiger partial charge >= 0.3 is 0 Å². The molecule has 4 heteroatoms. The Morgan fingerprint density at radius 3 is 2.71 bits per heavy atom. The van der Waals surface area contributed by atoms with Crippen molar-refractivity contribution in [2.75, 3.05) is 6.54 Å². The molecule has 2 rings (SSSR count). The van der Waals surface area contributed by atoms with Crippen molar-refractivity contribution in [3.8, 4) is 0 Å². The minimum absolute atomic E-state index is 0.575. The Morgan fingerprint density at radius 1 is 1.47 bits per heavy atom. The Balaban J connectivity index is 1.93. The van der Waals surface area contributed by atoms with Crippen LogP contribution >= 0.6 is 22.9 Å². The fourth-order valence-corrected chi connectivity index (χ4v) is 3.65. The average Bonchev–Trinajstić information content (AvgIpc) is 2.76. The van der Waals surface area contributed by atoms with Crippen LogP contribution in [0.15, 0.2) is 12.1 Å². The van der Waals surface area contributed by atoms with Crippen LogP contribution in [0.3, 0.4) is 0 Å². The first-order chi connectivity index (χ1) is 8.14. The van der Waals surface area contributed by atoms with E-state index < -0.39 is 5.60 Å². The molecule has 1 saturated carbocycles. The molecule has 0 aliphatic heterocycles. The van der Waals surface area contributed by atoms with Gasteiger partial charge < -0.3 is 10.4 Å². The van der Waals surface area contributed by atoms with E-state index >= 15 is 0 Å². The number of hydrogen-bond donors (Lipinski definition) is 2. The Kier molecular flexibility index (Phi) is 4.47. The zero-order chi connectivity index (χ0) is 12.3. The lowest BCUT2D eigenvalue weighted by Gasteiger charge is -2.35. The molecule has 1 aromatic rings. The summed E-state index contributed by atoms with van der Waals surface area (Å²) in [6.45, 7) is 3.26. The Labute approximate surface area is 112 Å². The van der Waals surface area contributed by atoms with Crippen LogP contribution in [0, 0.1) is 0 Å². The van der Waals surface area contributed by atoms with Crippen LogP contribution in [-0.2, 0) is 5.60 Å². The van der Waals surface area contributed by atoms with Crippen molar-refractivity contribution in [1.29, 1.82) is 0 Å². The summed E-state index contributed by atoms with van der Waals surface area (Å²) in [6, 6.07) is 4.42. The summed E-state index contributed by atoms with van der Waals surface area (Å²) in [4.78, 5) is 1.02. The third kappa shape index (κ3) is 3.22. The first-order valence-corrected chi connectivity index (χ1v) is 7.55. The summed E-state index contributed by atoms with van der Waals surface area (Å²) < 4.78 is 0.764. The maximum atomic E-state index is 10.6. The monoisotopic (exact) mass is 273 g/mol. The van der Waals surface area contributed by atoms with Crippen molar-refractivity contribution in [2.24, 2.45) is 0 Å². The van der Waals surface area contributed by atoms with Crippen molar-refractivity contribution in [3.63, 3.8) is 0 Å². The third-order valence-corrected chi connectivity index (χ3v) is 4.95. The van der Waals surface area contributed by atoms with Crippen molar-refractivity contribution in [2.45, 2.75) is 50.7 Å². The van der Waals surface area contributed by atoms with Gasteiger partial charge in [0.2, 0.25) is 0 Å². The highest BCUT2D eigenvalue weighted by molar-refractivity contribution is 7.16. The van der Waals surface area contributed by atoms with Crippen LogP contribution in [0.5, 0.6) is 0 Å². The van der Waals surface area contributed by atoms with E-state index in [4.69, 9.17) is 11.6 Å². The molecule has 1 aliphatic carbocycles. The topological polar surface area (TPSA) is 32.3 Å². The van der Waals surface area contributed by atoms with Gasteiger partial charge in [-0.1, -0.05) is 18.5 Å². The molecule has 0 unspecified atom stereocenters. The predicted molar refractivity (Wildman–Crippen MR) is 73.8 cm³/mol. The van der Waals surface area contributed by atoms with E-state index in [9.17, 15) is 5.11 Å². The minimum atomic E-state index is -0.637. The van der Waals surface area contributed by atoms with Crippen molar-refractivity contribution < 1.29 is 5.11 Å². The van der Waals surface area contributed by atoms with Gasteiger partial charge in [0.25, 0.3) is 0 Å². The molecule has 0 spiro atoms. The fraction of sp³-hybridized carbons (Fsp3) is 0.692. The molecule has 0 bridgehead atoms. The van der Waals surface area contributed by atoms with E-state index in [2.05, 4.69) is 12.2 Å². The molecule has 1 aliphatic rings. The molecule has 0 aromatic carbocycles. The van der Waals surface area contributed by atoms with Crippen molar-refractivity contribution >= 4 is 22.9 Å². The molecule has 1 fully saturated rings. The summed E-state index contributed by atoms with van der Waals surface area (Å²) in [5.74, 6) is 0. The number of nitrogens with one attached hydrogen (secondary N) is 1. The van der Waals surface area contributed by atoms with E-state index in [1.807, 2.05) is 12.1 Å². The SMILES string of the molecule is CCCNC1CCC(O)(c2ccc(Cl)s2)CC1. The predicted octanol–water partition coefficient (Wildman–Crippen LogP) is 3.53. The molecule has 0 radical (unpaired) electrons. The first-order valence-electron chi connectivity index (χ1n) is 6.35. The Hall–Kier alpha value is -0.0900. The van der Waals surface area contributed by atoms with Gasteiger partial charge in [0.15, 0.2) is 0 Å². The lowest BCUT2D eigenvalue weighted by molar-refractivity contribution is -0.00494. The van der Waals surface area contributed by atoms with Gasteiger partial charge in [0.05, 0.1) is 9.94 Å². The molecular formula is C13H20ClNOS. The Morgan fingerprint density at radius 2 is 2.18 bits per heavy atom. The smallest absolute Gasteiger partial charge is 0.0989 e. The van der Waals surface area contributed by atoms with E-state index in [1.165, 1.54) is 17.8 Å². The molecule has 0 saturated heterocycles. The fourth-order valence-electron chi connectivity index (χ4n) is 2.46. The van der Waals surface area contributed by atoms with Gasteiger partial charge in [-0.2, -0.15) is 0 Å². The second-order valence-electron chi connectivity index (χ2n) is 4.86. The zero-order valence-corrected chi connectivity index (χ0v) is 11.8. The number of aliphatic hydroxyl groups is 1. The number of hydrogen-bond acceptors (Lipinski definition) is 3. The highest BCUT2D eigenvalue weighted by atomic mass is 35.5. The third-order valence-electron chi connectivity index (χ3n) is 3.53. The summed E-state index contributed by atoms with van der Waals surface area (Å²) in [7, 11) is 0. The van der Waals surface area contributed by atoms with Crippen LogP contribution < -0.4 is 5.32 Å². The number of rotatable bonds is 4. The van der Waals surface area contributed by atoms with E-state index in [-0.39, 0.29) is 0 Å². The van der Waals surface area contributed by atoms with Crippen molar-refractivity contribution in [3.05, 3.63) is 21.3 Å².